The molecule has 1 atom stereocenters. The summed E-state index contributed by atoms with van der Waals surface area (Å²) in [6.07, 6.45) is 2.28. The summed E-state index contributed by atoms with van der Waals surface area (Å²) in [5.41, 5.74) is 0.299. The Kier molecular flexibility index (Phi) is 3.87. The van der Waals surface area contributed by atoms with E-state index in [1.165, 1.54) is 0 Å². The maximum atomic E-state index is 11.8. The average molecular weight is 267 g/mol. The fraction of sp³-hybridized carbons (Fsp3) is 0.385. The van der Waals surface area contributed by atoms with Crippen molar-refractivity contribution in [1.29, 1.82) is 0 Å². The van der Waals surface area contributed by atoms with E-state index in [-0.39, 0.29) is 6.04 Å². The van der Waals surface area contributed by atoms with Crippen molar-refractivity contribution in [1.82, 2.24) is 10.6 Å². The summed E-state index contributed by atoms with van der Waals surface area (Å²) >= 11 is 5.88. The second-order valence-corrected chi connectivity index (χ2v) is 4.94. The Bertz CT molecular complexity index is 472. The van der Waals surface area contributed by atoms with Gasteiger partial charge in [0.15, 0.2) is 0 Å². The first-order valence-corrected chi connectivity index (χ1v) is 6.32. The van der Waals surface area contributed by atoms with Crippen molar-refractivity contribution in [2.24, 2.45) is 5.92 Å². The van der Waals surface area contributed by atoms with E-state index in [1.54, 1.807) is 24.3 Å². The van der Waals surface area contributed by atoms with Gasteiger partial charge in [-0.2, -0.15) is 0 Å². The van der Waals surface area contributed by atoms with E-state index in [0.717, 1.165) is 12.8 Å². The molecule has 0 bridgehead atoms. The van der Waals surface area contributed by atoms with Crippen molar-refractivity contribution < 1.29 is 9.59 Å². The van der Waals surface area contributed by atoms with Gasteiger partial charge in [0.05, 0.1) is 10.6 Å². The number of hydrogen-bond acceptors (Lipinski definition) is 2. The molecule has 1 aromatic carbocycles. The van der Waals surface area contributed by atoms with E-state index >= 15 is 0 Å². The van der Waals surface area contributed by atoms with Gasteiger partial charge in [0.1, 0.15) is 0 Å². The van der Waals surface area contributed by atoms with Crippen LogP contribution in [0.5, 0.6) is 0 Å². The number of halogens is 1. The number of benzene rings is 1. The number of carbonyl (C=O) groups excluding carboxylic acids is 2. The van der Waals surface area contributed by atoms with Crippen LogP contribution in [0.2, 0.25) is 5.02 Å². The van der Waals surface area contributed by atoms with Crippen molar-refractivity contribution >= 4 is 23.5 Å². The lowest BCUT2D eigenvalue weighted by Crippen LogP contribution is -2.44. The van der Waals surface area contributed by atoms with Gasteiger partial charge in [-0.1, -0.05) is 23.7 Å². The molecule has 0 unspecified atom stereocenters. The second-order valence-electron chi connectivity index (χ2n) is 4.53. The normalized spacial score (nSPS) is 15.9. The van der Waals surface area contributed by atoms with Crippen LogP contribution in [0.1, 0.15) is 30.1 Å². The van der Waals surface area contributed by atoms with Gasteiger partial charge in [-0.15, -0.1) is 0 Å². The van der Waals surface area contributed by atoms with Gasteiger partial charge in [-0.05, 0) is 37.8 Å². The van der Waals surface area contributed by atoms with E-state index in [0.29, 0.717) is 16.5 Å². The fourth-order valence-electron chi connectivity index (χ4n) is 1.77. The van der Waals surface area contributed by atoms with Crippen LogP contribution in [0.25, 0.3) is 0 Å². The van der Waals surface area contributed by atoms with Gasteiger partial charge >= 0.3 is 6.03 Å². The van der Waals surface area contributed by atoms with Crippen LogP contribution in [0, 0.1) is 5.92 Å². The van der Waals surface area contributed by atoms with Crippen molar-refractivity contribution in [2.75, 3.05) is 0 Å². The molecule has 1 saturated carbocycles. The van der Waals surface area contributed by atoms with Crippen molar-refractivity contribution in [3.63, 3.8) is 0 Å². The third kappa shape index (κ3) is 3.23. The lowest BCUT2D eigenvalue weighted by molar-refractivity contribution is 0.0963. The Morgan fingerprint density at radius 2 is 2.00 bits per heavy atom. The molecule has 0 aliphatic heterocycles. The van der Waals surface area contributed by atoms with Crippen LogP contribution in [0.4, 0.5) is 4.79 Å². The van der Waals surface area contributed by atoms with E-state index in [2.05, 4.69) is 10.6 Å². The molecule has 0 aromatic heterocycles. The molecule has 2 N–H and O–H groups in total. The SMILES string of the molecule is C[C@H](NC(=O)NC(=O)c1ccccc1Cl)C1CC1. The number of imide groups is 1. The minimum atomic E-state index is -0.485. The Hall–Kier alpha value is -1.55. The number of nitrogens with one attached hydrogen (secondary N) is 2. The highest BCUT2D eigenvalue weighted by atomic mass is 35.5. The molecule has 1 aromatic rings. The van der Waals surface area contributed by atoms with Gasteiger partial charge in [-0.25, -0.2) is 4.79 Å². The lowest BCUT2D eigenvalue weighted by atomic mass is 10.2. The van der Waals surface area contributed by atoms with Crippen LogP contribution in [0.15, 0.2) is 24.3 Å². The fourth-order valence-corrected chi connectivity index (χ4v) is 1.99. The second kappa shape index (κ2) is 5.40. The van der Waals surface area contributed by atoms with Gasteiger partial charge in [0, 0.05) is 6.04 Å². The van der Waals surface area contributed by atoms with Crippen LogP contribution in [0.3, 0.4) is 0 Å². The zero-order valence-corrected chi connectivity index (χ0v) is 10.8. The van der Waals surface area contributed by atoms with E-state index in [9.17, 15) is 9.59 Å². The molecular formula is C13H15ClN2O2. The van der Waals surface area contributed by atoms with E-state index < -0.39 is 11.9 Å². The zero-order valence-electron chi connectivity index (χ0n) is 10.1. The molecule has 1 aliphatic rings. The minimum absolute atomic E-state index is 0.101. The Morgan fingerprint density at radius 3 is 2.61 bits per heavy atom. The van der Waals surface area contributed by atoms with Gasteiger partial charge < -0.3 is 5.32 Å². The molecule has 5 heteroatoms. The van der Waals surface area contributed by atoms with Crippen LogP contribution < -0.4 is 10.6 Å². The van der Waals surface area contributed by atoms with Crippen molar-refractivity contribution in [3.8, 4) is 0 Å². The lowest BCUT2D eigenvalue weighted by Gasteiger charge is -2.13. The summed E-state index contributed by atoms with van der Waals surface area (Å²) in [5, 5.41) is 5.36. The third-order valence-corrected chi connectivity index (χ3v) is 3.36. The van der Waals surface area contributed by atoms with Gasteiger partial charge in [-0.3, -0.25) is 10.1 Å². The number of urea groups is 1. The minimum Gasteiger partial charge on any atom is -0.335 e. The topological polar surface area (TPSA) is 58.2 Å². The Balaban J connectivity index is 1.90. The summed E-state index contributed by atoms with van der Waals surface area (Å²) in [6, 6.07) is 6.25. The molecule has 0 spiro atoms. The molecule has 0 radical (unpaired) electrons. The summed E-state index contributed by atoms with van der Waals surface area (Å²) in [4.78, 5) is 23.4. The molecular weight excluding hydrogens is 252 g/mol. The maximum Gasteiger partial charge on any atom is 0.321 e. The molecule has 4 nitrogen and oxygen atoms in total. The van der Waals surface area contributed by atoms with Crippen molar-refractivity contribution in [2.45, 2.75) is 25.8 Å². The summed E-state index contributed by atoms with van der Waals surface area (Å²) in [5.74, 6) is 0.0623. The standard InChI is InChI=1S/C13H15ClN2O2/c1-8(9-6-7-9)15-13(18)16-12(17)10-4-2-3-5-11(10)14/h2-5,8-9H,6-7H2,1H3,(H2,15,16,17,18)/t8-/m0/s1. The van der Waals surface area contributed by atoms with Crippen molar-refractivity contribution in [3.05, 3.63) is 34.9 Å². The number of carbonyl (C=O) groups is 2. The first kappa shape index (κ1) is 12.9. The zero-order chi connectivity index (χ0) is 13.1. The van der Waals surface area contributed by atoms with E-state index in [1.807, 2.05) is 6.92 Å². The monoisotopic (exact) mass is 266 g/mol. The largest absolute Gasteiger partial charge is 0.335 e. The third-order valence-electron chi connectivity index (χ3n) is 3.03. The molecule has 0 saturated heterocycles. The summed E-state index contributed by atoms with van der Waals surface area (Å²) in [7, 11) is 0. The van der Waals surface area contributed by atoms with Gasteiger partial charge in [0.25, 0.3) is 5.91 Å². The predicted octanol–water partition coefficient (Wildman–Crippen LogP) is 2.58. The highest BCUT2D eigenvalue weighted by molar-refractivity contribution is 6.34. The summed E-state index contributed by atoms with van der Waals surface area (Å²) in [6.45, 7) is 1.94. The molecule has 2 rings (SSSR count). The maximum absolute atomic E-state index is 11.8. The molecule has 3 amide bonds. The number of hydrogen-bond donors (Lipinski definition) is 2. The van der Waals surface area contributed by atoms with Gasteiger partial charge in [0.2, 0.25) is 0 Å². The summed E-state index contributed by atoms with van der Waals surface area (Å²) < 4.78 is 0. The Morgan fingerprint density at radius 1 is 1.33 bits per heavy atom. The molecule has 18 heavy (non-hydrogen) atoms. The first-order chi connectivity index (χ1) is 8.58. The predicted molar refractivity (Wildman–Crippen MR) is 69.6 cm³/mol. The first-order valence-electron chi connectivity index (χ1n) is 5.94. The molecule has 1 fully saturated rings. The quantitative estimate of drug-likeness (QED) is 0.883. The molecule has 0 heterocycles. The highest BCUT2D eigenvalue weighted by Gasteiger charge is 2.29. The number of amides is 3. The molecule has 1 aliphatic carbocycles. The van der Waals surface area contributed by atoms with Crippen LogP contribution in [-0.2, 0) is 0 Å². The molecule has 96 valence electrons. The van der Waals surface area contributed by atoms with Crippen LogP contribution in [-0.4, -0.2) is 18.0 Å². The smallest absolute Gasteiger partial charge is 0.321 e. The van der Waals surface area contributed by atoms with E-state index in [4.69, 9.17) is 11.6 Å². The van der Waals surface area contributed by atoms with Crippen LogP contribution >= 0.6 is 11.6 Å². The average Bonchev–Trinajstić information content (AvgIpc) is 3.12. The number of rotatable bonds is 3. The highest BCUT2D eigenvalue weighted by Crippen LogP contribution is 2.32. The Labute approximate surface area is 111 Å².